The van der Waals surface area contributed by atoms with Crippen LogP contribution in [-0.4, -0.2) is 30.8 Å². The van der Waals surface area contributed by atoms with Crippen LogP contribution in [0.5, 0.6) is 11.5 Å². The van der Waals surface area contributed by atoms with Crippen LogP contribution in [0.3, 0.4) is 0 Å². The number of rotatable bonds is 2. The Kier molecular flexibility index (Phi) is 3.60. The molecule has 2 aliphatic rings. The van der Waals surface area contributed by atoms with Crippen LogP contribution < -0.4 is 14.8 Å². The Morgan fingerprint density at radius 1 is 1.45 bits per heavy atom. The Labute approximate surface area is 125 Å². The first kappa shape index (κ1) is 13.7. The molecule has 6 heteroatoms. The fourth-order valence-electron chi connectivity index (χ4n) is 2.78. The van der Waals surface area contributed by atoms with Gasteiger partial charge in [0.1, 0.15) is 13.2 Å². The summed E-state index contributed by atoms with van der Waals surface area (Å²) < 4.78 is 12.2. The molecule has 2 aliphatic heterocycles. The highest BCUT2D eigenvalue weighted by atomic mass is 79.9. The average Bonchev–Trinajstić information content (AvgIpc) is 2.92. The van der Waals surface area contributed by atoms with Gasteiger partial charge < -0.3 is 19.9 Å². The third-order valence-corrected chi connectivity index (χ3v) is 4.87. The Hall–Kier alpha value is -1.27. The highest BCUT2D eigenvalue weighted by molar-refractivity contribution is 9.10. The largest absolute Gasteiger partial charge is 0.486 e. The second kappa shape index (κ2) is 5.26. The molecule has 2 N–H and O–H groups in total. The lowest BCUT2D eigenvalue weighted by molar-refractivity contribution is -0.141. The second-order valence-electron chi connectivity index (χ2n) is 5.16. The van der Waals surface area contributed by atoms with Crippen molar-refractivity contribution in [2.45, 2.75) is 19.4 Å². The molecule has 1 aromatic carbocycles. The molecule has 0 radical (unpaired) electrons. The number of carboxylic acid groups (broad SMARTS) is 1. The minimum atomic E-state index is -0.741. The van der Waals surface area contributed by atoms with Gasteiger partial charge in [0.2, 0.25) is 0 Å². The summed E-state index contributed by atoms with van der Waals surface area (Å²) in [7, 11) is 0. The fourth-order valence-corrected chi connectivity index (χ4v) is 3.32. The predicted molar refractivity (Wildman–Crippen MR) is 76.4 cm³/mol. The lowest BCUT2D eigenvalue weighted by atomic mass is 9.96. The van der Waals surface area contributed by atoms with Crippen LogP contribution in [-0.2, 0) is 4.79 Å². The Morgan fingerprint density at radius 2 is 2.20 bits per heavy atom. The third kappa shape index (κ3) is 2.27. The molecule has 0 aromatic heterocycles. The summed E-state index contributed by atoms with van der Waals surface area (Å²) in [5.74, 6) is 0.398. The first-order valence-corrected chi connectivity index (χ1v) is 7.42. The van der Waals surface area contributed by atoms with Crippen LogP contribution in [0.4, 0.5) is 0 Å². The van der Waals surface area contributed by atoms with Crippen molar-refractivity contribution in [3.8, 4) is 11.5 Å². The van der Waals surface area contributed by atoms with E-state index < -0.39 is 5.97 Å². The molecule has 3 rings (SSSR count). The number of hydrogen-bond donors (Lipinski definition) is 2. The highest BCUT2D eigenvalue weighted by Gasteiger charge is 2.32. The normalized spacial score (nSPS) is 24.7. The molecular formula is C14H16BrNO4. The Morgan fingerprint density at radius 3 is 2.90 bits per heavy atom. The number of carbonyl (C=O) groups is 1. The van der Waals surface area contributed by atoms with E-state index in [0.29, 0.717) is 26.2 Å². The molecule has 108 valence electrons. The number of halogens is 1. The summed E-state index contributed by atoms with van der Waals surface area (Å²) in [6.07, 6.45) is 0.599. The zero-order valence-electron chi connectivity index (χ0n) is 11.1. The molecule has 2 atom stereocenters. The zero-order valence-corrected chi connectivity index (χ0v) is 12.7. The van der Waals surface area contributed by atoms with Crippen LogP contribution in [0.15, 0.2) is 10.5 Å². The van der Waals surface area contributed by atoms with Gasteiger partial charge in [0.25, 0.3) is 0 Å². The van der Waals surface area contributed by atoms with E-state index in [4.69, 9.17) is 14.6 Å². The SMILES string of the molecule is Cc1c(C2CC(C(=O)O)CN2)cc2c(c1Br)OCCO2. The van der Waals surface area contributed by atoms with Crippen LogP contribution in [0, 0.1) is 12.8 Å². The predicted octanol–water partition coefficient (Wildman–Crippen LogP) is 2.26. The van der Waals surface area contributed by atoms with Crippen molar-refractivity contribution in [2.24, 2.45) is 5.92 Å². The van der Waals surface area contributed by atoms with Crippen molar-refractivity contribution in [3.63, 3.8) is 0 Å². The first-order valence-electron chi connectivity index (χ1n) is 6.62. The maximum atomic E-state index is 11.1. The number of carboxylic acids is 1. The van der Waals surface area contributed by atoms with E-state index in [2.05, 4.69) is 21.2 Å². The van der Waals surface area contributed by atoms with E-state index in [1.165, 1.54) is 0 Å². The van der Waals surface area contributed by atoms with Crippen molar-refractivity contribution in [1.82, 2.24) is 5.32 Å². The molecule has 0 saturated carbocycles. The van der Waals surface area contributed by atoms with Gasteiger partial charge in [-0.2, -0.15) is 0 Å². The summed E-state index contributed by atoms with van der Waals surface area (Å²) in [6.45, 7) is 3.60. The summed E-state index contributed by atoms with van der Waals surface area (Å²) in [5, 5.41) is 12.4. The zero-order chi connectivity index (χ0) is 14.3. The minimum Gasteiger partial charge on any atom is -0.486 e. The molecule has 1 saturated heterocycles. The number of benzene rings is 1. The van der Waals surface area contributed by atoms with Gasteiger partial charge in [0.05, 0.1) is 10.4 Å². The molecule has 1 aromatic rings. The van der Waals surface area contributed by atoms with Gasteiger partial charge in [0, 0.05) is 12.6 Å². The number of ether oxygens (including phenoxy) is 2. The monoisotopic (exact) mass is 341 g/mol. The molecule has 2 unspecified atom stereocenters. The molecule has 0 aliphatic carbocycles. The third-order valence-electron chi connectivity index (χ3n) is 3.91. The molecule has 20 heavy (non-hydrogen) atoms. The molecule has 2 heterocycles. The summed E-state index contributed by atoms with van der Waals surface area (Å²) >= 11 is 3.56. The average molecular weight is 342 g/mol. The van der Waals surface area contributed by atoms with E-state index in [1.807, 2.05) is 13.0 Å². The van der Waals surface area contributed by atoms with Gasteiger partial charge >= 0.3 is 5.97 Å². The smallest absolute Gasteiger partial charge is 0.307 e. The van der Waals surface area contributed by atoms with Gasteiger partial charge in [0.15, 0.2) is 11.5 Å². The molecule has 0 amide bonds. The van der Waals surface area contributed by atoms with Crippen molar-refractivity contribution < 1.29 is 19.4 Å². The van der Waals surface area contributed by atoms with Gasteiger partial charge in [-0.05, 0) is 46.5 Å². The summed E-state index contributed by atoms with van der Waals surface area (Å²) in [4.78, 5) is 11.1. The molecule has 5 nitrogen and oxygen atoms in total. The van der Waals surface area contributed by atoms with Gasteiger partial charge in [-0.25, -0.2) is 0 Å². The van der Waals surface area contributed by atoms with Gasteiger partial charge in [-0.15, -0.1) is 0 Å². The maximum Gasteiger partial charge on any atom is 0.307 e. The Balaban J connectivity index is 1.94. The number of hydrogen-bond acceptors (Lipinski definition) is 4. The van der Waals surface area contributed by atoms with Gasteiger partial charge in [-0.3, -0.25) is 4.79 Å². The van der Waals surface area contributed by atoms with Crippen molar-refractivity contribution >= 4 is 21.9 Å². The molecular weight excluding hydrogens is 326 g/mol. The van der Waals surface area contributed by atoms with Crippen LogP contribution in [0.25, 0.3) is 0 Å². The second-order valence-corrected chi connectivity index (χ2v) is 5.95. The summed E-state index contributed by atoms with van der Waals surface area (Å²) in [6, 6.07) is 2.01. The molecule has 1 fully saturated rings. The van der Waals surface area contributed by atoms with Crippen molar-refractivity contribution in [3.05, 3.63) is 21.7 Å². The van der Waals surface area contributed by atoms with Crippen LogP contribution >= 0.6 is 15.9 Å². The lowest BCUT2D eigenvalue weighted by Gasteiger charge is -2.24. The lowest BCUT2D eigenvalue weighted by Crippen LogP contribution is -2.19. The van der Waals surface area contributed by atoms with Crippen LogP contribution in [0.2, 0.25) is 0 Å². The maximum absolute atomic E-state index is 11.1. The van der Waals surface area contributed by atoms with Crippen molar-refractivity contribution in [1.29, 1.82) is 0 Å². The molecule has 0 bridgehead atoms. The van der Waals surface area contributed by atoms with Crippen molar-refractivity contribution in [2.75, 3.05) is 19.8 Å². The van der Waals surface area contributed by atoms with E-state index >= 15 is 0 Å². The van der Waals surface area contributed by atoms with E-state index in [0.717, 1.165) is 27.1 Å². The topological polar surface area (TPSA) is 67.8 Å². The molecule has 0 spiro atoms. The standard InChI is InChI=1S/C14H16BrNO4/c1-7-9(10-4-8(6-16-10)14(17)18)5-11-13(12(7)15)20-3-2-19-11/h5,8,10,16H,2-4,6H2,1H3,(H,17,18). The van der Waals surface area contributed by atoms with E-state index in [-0.39, 0.29) is 12.0 Å². The fraction of sp³-hybridized carbons (Fsp3) is 0.500. The quantitative estimate of drug-likeness (QED) is 0.863. The summed E-state index contributed by atoms with van der Waals surface area (Å²) in [5.41, 5.74) is 2.14. The number of fused-ring (bicyclic) bond motifs is 1. The number of nitrogens with one attached hydrogen (secondary N) is 1. The van der Waals surface area contributed by atoms with E-state index in [1.54, 1.807) is 0 Å². The van der Waals surface area contributed by atoms with Gasteiger partial charge in [-0.1, -0.05) is 0 Å². The number of aliphatic carboxylic acids is 1. The minimum absolute atomic E-state index is 0.0447. The highest BCUT2D eigenvalue weighted by Crippen LogP contribution is 2.44. The Bertz CT molecular complexity index is 561. The first-order chi connectivity index (χ1) is 9.58. The van der Waals surface area contributed by atoms with E-state index in [9.17, 15) is 4.79 Å². The van der Waals surface area contributed by atoms with Crippen LogP contribution in [0.1, 0.15) is 23.6 Å².